The maximum absolute atomic E-state index is 14.0. The molecule has 3 heterocycles. The van der Waals surface area contributed by atoms with Gasteiger partial charge in [-0.1, -0.05) is 17.4 Å². The van der Waals surface area contributed by atoms with Crippen molar-refractivity contribution >= 4 is 29.1 Å². The Morgan fingerprint density at radius 1 is 1.10 bits per heavy atom. The summed E-state index contributed by atoms with van der Waals surface area (Å²) < 4.78 is 18.6. The summed E-state index contributed by atoms with van der Waals surface area (Å²) in [5, 5.41) is 0. The highest BCUT2D eigenvalue weighted by Gasteiger charge is 2.35. The Balaban J connectivity index is 1.68. The number of hydrogen-bond acceptors (Lipinski definition) is 8. The number of esters is 1. The van der Waals surface area contributed by atoms with Crippen LogP contribution < -0.4 is 29.3 Å². The standard InChI is InChI=1S/C30H33N3O5S/c1-6-38-29(35)26-19(3)31-30-33(27(26)22-17-21(36-4)10-12-24(22)37-5)28(34)25(39-30)16-20-9-11-23(18(2)15-20)32-13-7-8-14-32/h9-12,15-17,27H,6-8,13-14H2,1-5H3/b25-16+/t27-/m1/s1. The fraction of sp³-hybridized carbons (Fsp3) is 0.367. The van der Waals surface area contributed by atoms with Crippen molar-refractivity contribution in [2.24, 2.45) is 4.99 Å². The highest BCUT2D eigenvalue weighted by atomic mass is 32.1. The van der Waals surface area contributed by atoms with E-state index in [2.05, 4.69) is 35.0 Å². The molecule has 204 valence electrons. The normalized spacial score (nSPS) is 17.2. The van der Waals surface area contributed by atoms with Gasteiger partial charge in [0.2, 0.25) is 0 Å². The van der Waals surface area contributed by atoms with E-state index in [0.29, 0.717) is 37.7 Å². The van der Waals surface area contributed by atoms with Gasteiger partial charge in [0, 0.05) is 24.3 Å². The third kappa shape index (κ3) is 4.98. The molecule has 3 aromatic rings. The van der Waals surface area contributed by atoms with Crippen LogP contribution in [0.5, 0.6) is 11.5 Å². The van der Waals surface area contributed by atoms with E-state index in [1.807, 2.05) is 6.08 Å². The first-order valence-electron chi connectivity index (χ1n) is 13.1. The van der Waals surface area contributed by atoms with E-state index in [4.69, 9.17) is 14.2 Å². The minimum Gasteiger partial charge on any atom is -0.497 e. The smallest absolute Gasteiger partial charge is 0.338 e. The van der Waals surface area contributed by atoms with E-state index in [0.717, 1.165) is 18.7 Å². The zero-order valence-electron chi connectivity index (χ0n) is 22.9. The minimum atomic E-state index is -0.785. The predicted octanol–water partition coefficient (Wildman–Crippen LogP) is 3.72. The molecule has 9 heteroatoms. The molecule has 1 fully saturated rings. The number of fused-ring (bicyclic) bond motifs is 1. The summed E-state index contributed by atoms with van der Waals surface area (Å²) in [4.78, 5) is 34.8. The summed E-state index contributed by atoms with van der Waals surface area (Å²) >= 11 is 1.30. The average Bonchev–Trinajstić information content (AvgIpc) is 3.56. The molecule has 2 aliphatic rings. The van der Waals surface area contributed by atoms with Gasteiger partial charge < -0.3 is 19.1 Å². The van der Waals surface area contributed by atoms with Gasteiger partial charge in [0.1, 0.15) is 17.5 Å². The number of carbonyl (C=O) groups is 1. The van der Waals surface area contributed by atoms with Crippen molar-refractivity contribution in [3.63, 3.8) is 0 Å². The monoisotopic (exact) mass is 547 g/mol. The summed E-state index contributed by atoms with van der Waals surface area (Å²) in [6.07, 6.45) is 4.33. The second kappa shape index (κ2) is 11.1. The maximum atomic E-state index is 14.0. The molecule has 0 N–H and O–H groups in total. The Hall–Kier alpha value is -3.85. The van der Waals surface area contributed by atoms with Crippen LogP contribution in [0.1, 0.15) is 49.4 Å². The minimum absolute atomic E-state index is 0.203. The first-order valence-corrected chi connectivity index (χ1v) is 13.9. The van der Waals surface area contributed by atoms with Crippen LogP contribution in [0.2, 0.25) is 0 Å². The molecule has 0 bridgehead atoms. The van der Waals surface area contributed by atoms with Crippen LogP contribution in [-0.4, -0.2) is 44.5 Å². The van der Waals surface area contributed by atoms with Crippen molar-refractivity contribution in [3.05, 3.63) is 84.0 Å². The SMILES string of the molecule is CCOC(=O)C1=C(C)N=c2s/c(=C/c3ccc(N4CCCC4)c(C)c3)c(=O)n2[C@@H]1c1cc(OC)ccc1OC. The van der Waals surface area contributed by atoms with Crippen LogP contribution in [0.4, 0.5) is 5.69 Å². The number of nitrogens with zero attached hydrogens (tertiary/aromatic N) is 3. The highest BCUT2D eigenvalue weighted by molar-refractivity contribution is 7.07. The van der Waals surface area contributed by atoms with Crippen molar-refractivity contribution in [3.8, 4) is 11.5 Å². The number of methoxy groups -OCH3 is 2. The van der Waals surface area contributed by atoms with Crippen LogP contribution in [0.25, 0.3) is 6.08 Å². The number of rotatable bonds is 7. The fourth-order valence-corrected chi connectivity index (χ4v) is 6.42. The molecule has 1 atom stereocenters. The fourth-order valence-electron chi connectivity index (χ4n) is 5.37. The van der Waals surface area contributed by atoms with Gasteiger partial charge in [-0.15, -0.1) is 0 Å². The van der Waals surface area contributed by atoms with Crippen LogP contribution >= 0.6 is 11.3 Å². The van der Waals surface area contributed by atoms with Crippen molar-refractivity contribution < 1.29 is 19.0 Å². The zero-order chi connectivity index (χ0) is 27.7. The van der Waals surface area contributed by atoms with Gasteiger partial charge in [-0.3, -0.25) is 9.36 Å². The molecule has 0 amide bonds. The van der Waals surface area contributed by atoms with Gasteiger partial charge in [0.15, 0.2) is 4.80 Å². The number of carbonyl (C=O) groups excluding carboxylic acids is 1. The predicted molar refractivity (Wildman–Crippen MR) is 153 cm³/mol. The van der Waals surface area contributed by atoms with E-state index < -0.39 is 12.0 Å². The molecule has 8 nitrogen and oxygen atoms in total. The quantitative estimate of drug-likeness (QED) is 0.420. The number of thiazole rings is 1. The summed E-state index contributed by atoms with van der Waals surface area (Å²) in [6.45, 7) is 7.99. The molecule has 0 radical (unpaired) electrons. The maximum Gasteiger partial charge on any atom is 0.338 e. The van der Waals surface area contributed by atoms with Crippen molar-refractivity contribution in [1.82, 2.24) is 4.57 Å². The molecule has 5 rings (SSSR count). The number of anilines is 1. The summed E-state index contributed by atoms with van der Waals surface area (Å²) in [7, 11) is 3.13. The lowest BCUT2D eigenvalue weighted by molar-refractivity contribution is -0.139. The van der Waals surface area contributed by atoms with Gasteiger partial charge in [-0.25, -0.2) is 9.79 Å². The molecule has 0 aliphatic carbocycles. The third-order valence-corrected chi connectivity index (χ3v) is 8.20. The Morgan fingerprint density at radius 2 is 1.87 bits per heavy atom. The second-order valence-electron chi connectivity index (χ2n) is 9.65. The Morgan fingerprint density at radius 3 is 2.54 bits per heavy atom. The number of benzene rings is 2. The molecule has 2 aliphatic heterocycles. The van der Waals surface area contributed by atoms with Gasteiger partial charge >= 0.3 is 5.97 Å². The Labute approximate surface area is 231 Å². The molecule has 39 heavy (non-hydrogen) atoms. The molecular weight excluding hydrogens is 514 g/mol. The topological polar surface area (TPSA) is 82.4 Å². The van der Waals surface area contributed by atoms with Crippen molar-refractivity contribution in [1.29, 1.82) is 0 Å². The van der Waals surface area contributed by atoms with E-state index in [1.165, 1.54) is 35.4 Å². The molecule has 1 saturated heterocycles. The number of aryl methyl sites for hydroxylation is 1. The van der Waals surface area contributed by atoms with Crippen LogP contribution in [0.3, 0.4) is 0 Å². The Bertz CT molecular complexity index is 1630. The average molecular weight is 548 g/mol. The van der Waals surface area contributed by atoms with Gasteiger partial charge in [-0.2, -0.15) is 0 Å². The van der Waals surface area contributed by atoms with Crippen LogP contribution in [-0.2, 0) is 9.53 Å². The first-order chi connectivity index (χ1) is 18.9. The first kappa shape index (κ1) is 26.7. The summed E-state index contributed by atoms with van der Waals surface area (Å²) in [5.41, 5.74) is 4.55. The molecular formula is C30H33N3O5S. The summed E-state index contributed by atoms with van der Waals surface area (Å²) in [6, 6.07) is 10.9. The van der Waals surface area contributed by atoms with Crippen molar-refractivity contribution in [2.45, 2.75) is 39.7 Å². The highest BCUT2D eigenvalue weighted by Crippen LogP contribution is 2.37. The number of ether oxygens (including phenoxy) is 3. The molecule has 1 aromatic heterocycles. The zero-order valence-corrected chi connectivity index (χ0v) is 23.8. The number of allylic oxidation sites excluding steroid dienone is 1. The largest absolute Gasteiger partial charge is 0.497 e. The van der Waals surface area contributed by atoms with Crippen LogP contribution in [0.15, 0.2) is 57.5 Å². The third-order valence-electron chi connectivity index (χ3n) is 7.21. The van der Waals surface area contributed by atoms with Gasteiger partial charge in [0.25, 0.3) is 5.56 Å². The summed E-state index contributed by atoms with van der Waals surface area (Å²) in [5.74, 6) is 0.593. The molecule has 0 saturated carbocycles. The number of hydrogen-bond donors (Lipinski definition) is 0. The van der Waals surface area contributed by atoms with Gasteiger partial charge in [-0.05, 0) is 81.1 Å². The van der Waals surface area contributed by atoms with Gasteiger partial charge in [0.05, 0.1) is 36.6 Å². The Kier molecular flexibility index (Phi) is 7.61. The van der Waals surface area contributed by atoms with Crippen LogP contribution in [0, 0.1) is 6.92 Å². The van der Waals surface area contributed by atoms with Crippen molar-refractivity contribution in [2.75, 3.05) is 38.8 Å². The van der Waals surface area contributed by atoms with E-state index in [1.54, 1.807) is 50.8 Å². The second-order valence-corrected chi connectivity index (χ2v) is 10.7. The lowest BCUT2D eigenvalue weighted by Crippen LogP contribution is -2.40. The molecule has 2 aromatic carbocycles. The van der Waals surface area contributed by atoms with E-state index in [9.17, 15) is 9.59 Å². The molecule has 0 unspecified atom stereocenters. The van der Waals surface area contributed by atoms with E-state index >= 15 is 0 Å². The lowest BCUT2D eigenvalue weighted by atomic mass is 9.94. The van der Waals surface area contributed by atoms with E-state index in [-0.39, 0.29) is 12.2 Å². The number of aromatic nitrogens is 1. The lowest BCUT2D eigenvalue weighted by Gasteiger charge is -2.26. The molecule has 0 spiro atoms.